The van der Waals surface area contributed by atoms with E-state index >= 15 is 0 Å². The maximum atomic E-state index is 11.5. The Morgan fingerprint density at radius 2 is 2.05 bits per heavy atom. The topological polar surface area (TPSA) is 82.6 Å². The quantitative estimate of drug-likeness (QED) is 0.373. The van der Waals surface area contributed by atoms with Crippen LogP contribution in [0, 0.1) is 10.1 Å². The Hall–Kier alpha value is -3.15. The number of carbonyl (C=O) groups is 1. The van der Waals surface area contributed by atoms with Crippen molar-refractivity contribution in [2.24, 2.45) is 0 Å². The van der Waals surface area contributed by atoms with E-state index in [1.807, 2.05) is 0 Å². The van der Waals surface area contributed by atoms with Crippen molar-refractivity contribution in [3.63, 3.8) is 0 Å². The van der Waals surface area contributed by atoms with E-state index in [1.54, 1.807) is 43.3 Å². The van der Waals surface area contributed by atoms with E-state index in [2.05, 4.69) is 0 Å². The first-order valence-corrected chi connectivity index (χ1v) is 6.50. The fourth-order valence-corrected chi connectivity index (χ4v) is 2.12. The van der Waals surface area contributed by atoms with Gasteiger partial charge in [0.2, 0.25) is 0 Å². The van der Waals surface area contributed by atoms with Gasteiger partial charge < -0.3 is 9.15 Å². The average molecular weight is 297 g/mol. The highest BCUT2D eigenvalue weighted by molar-refractivity contribution is 5.99. The first-order valence-electron chi connectivity index (χ1n) is 6.50. The Labute approximate surface area is 125 Å². The van der Waals surface area contributed by atoms with Gasteiger partial charge in [-0.25, -0.2) is 4.79 Å². The van der Waals surface area contributed by atoms with Crippen molar-refractivity contribution in [3.8, 4) is 11.3 Å². The molecule has 2 aromatic rings. The number of hydrogen-bond acceptors (Lipinski definition) is 5. The summed E-state index contributed by atoms with van der Waals surface area (Å²) >= 11 is 0. The molecule has 3 rings (SSSR count). The number of carbonyl (C=O) groups excluding carboxylic acids is 1. The number of cyclic esters (lactones) is 1. The highest BCUT2D eigenvalue weighted by Gasteiger charge is 2.18. The second kappa shape index (κ2) is 5.33. The van der Waals surface area contributed by atoms with Crippen molar-refractivity contribution < 1.29 is 18.9 Å². The molecule has 0 unspecified atom stereocenters. The van der Waals surface area contributed by atoms with Gasteiger partial charge >= 0.3 is 5.97 Å². The molecule has 0 spiro atoms. The van der Waals surface area contributed by atoms with Crippen LogP contribution in [0.5, 0.6) is 0 Å². The van der Waals surface area contributed by atoms with Crippen LogP contribution in [0.15, 0.2) is 58.2 Å². The Morgan fingerprint density at radius 1 is 1.23 bits per heavy atom. The van der Waals surface area contributed by atoms with Crippen molar-refractivity contribution in [1.29, 1.82) is 0 Å². The van der Waals surface area contributed by atoms with Crippen LogP contribution in [-0.2, 0) is 9.53 Å². The minimum Gasteiger partial charge on any atom is -0.457 e. The SMILES string of the molecule is CC1=C/C(=C\c2ccc(-c3cccc([N+](=O)[O-])c3)o2)C(=O)O1. The first-order chi connectivity index (χ1) is 10.5. The molecule has 1 aliphatic heterocycles. The van der Waals surface area contributed by atoms with Gasteiger partial charge in [0.15, 0.2) is 0 Å². The summed E-state index contributed by atoms with van der Waals surface area (Å²) in [5, 5.41) is 10.8. The Kier molecular flexibility index (Phi) is 3.34. The fraction of sp³-hybridized carbons (Fsp3) is 0.0625. The Balaban J connectivity index is 1.91. The van der Waals surface area contributed by atoms with Crippen LogP contribution in [0.2, 0.25) is 0 Å². The van der Waals surface area contributed by atoms with Gasteiger partial charge in [0, 0.05) is 17.7 Å². The summed E-state index contributed by atoms with van der Waals surface area (Å²) in [6.07, 6.45) is 3.19. The Morgan fingerprint density at radius 3 is 2.73 bits per heavy atom. The zero-order valence-electron chi connectivity index (χ0n) is 11.6. The largest absolute Gasteiger partial charge is 0.457 e. The van der Waals surface area contributed by atoms with Gasteiger partial charge in [0.25, 0.3) is 5.69 Å². The first kappa shape index (κ1) is 13.8. The molecule has 0 N–H and O–H groups in total. The number of benzene rings is 1. The predicted molar refractivity (Wildman–Crippen MR) is 78.6 cm³/mol. The molecule has 1 aliphatic rings. The van der Waals surface area contributed by atoms with Crippen LogP contribution in [0.1, 0.15) is 12.7 Å². The average Bonchev–Trinajstić information content (AvgIpc) is 3.06. The number of ether oxygens (including phenoxy) is 1. The molecule has 110 valence electrons. The summed E-state index contributed by atoms with van der Waals surface area (Å²) in [6.45, 7) is 1.69. The fourth-order valence-electron chi connectivity index (χ4n) is 2.12. The number of nitro benzene ring substituents is 1. The summed E-state index contributed by atoms with van der Waals surface area (Å²) in [4.78, 5) is 21.9. The van der Waals surface area contributed by atoms with Gasteiger partial charge in [-0.1, -0.05) is 12.1 Å². The lowest BCUT2D eigenvalue weighted by atomic mass is 10.1. The smallest absolute Gasteiger partial charge is 0.343 e. The number of nitro groups is 1. The minimum absolute atomic E-state index is 0.00765. The molecule has 1 aromatic carbocycles. The highest BCUT2D eigenvalue weighted by Crippen LogP contribution is 2.27. The van der Waals surface area contributed by atoms with Crippen LogP contribution >= 0.6 is 0 Å². The number of furan rings is 1. The van der Waals surface area contributed by atoms with E-state index in [0.717, 1.165) is 0 Å². The maximum absolute atomic E-state index is 11.5. The van der Waals surface area contributed by atoms with E-state index in [1.165, 1.54) is 12.1 Å². The lowest BCUT2D eigenvalue weighted by Gasteiger charge is -1.97. The molecular formula is C16H11NO5. The molecule has 22 heavy (non-hydrogen) atoms. The van der Waals surface area contributed by atoms with Crippen LogP contribution in [0.4, 0.5) is 5.69 Å². The van der Waals surface area contributed by atoms with Gasteiger partial charge in [0.1, 0.15) is 17.3 Å². The molecule has 1 aromatic heterocycles. The summed E-state index contributed by atoms with van der Waals surface area (Å²) in [7, 11) is 0. The van der Waals surface area contributed by atoms with Crippen molar-refractivity contribution in [1.82, 2.24) is 0 Å². The Bertz CT molecular complexity index is 829. The van der Waals surface area contributed by atoms with Gasteiger partial charge in [-0.3, -0.25) is 10.1 Å². The summed E-state index contributed by atoms with van der Waals surface area (Å²) < 4.78 is 10.5. The predicted octanol–water partition coefficient (Wildman–Crippen LogP) is 3.70. The summed E-state index contributed by atoms with van der Waals surface area (Å²) in [5.41, 5.74) is 0.990. The third-order valence-electron chi connectivity index (χ3n) is 3.11. The van der Waals surface area contributed by atoms with E-state index in [0.29, 0.717) is 28.4 Å². The third kappa shape index (κ3) is 2.67. The second-order valence-electron chi connectivity index (χ2n) is 4.75. The maximum Gasteiger partial charge on any atom is 0.343 e. The number of nitrogens with zero attached hydrogens (tertiary/aromatic N) is 1. The van der Waals surface area contributed by atoms with E-state index in [4.69, 9.17) is 9.15 Å². The molecule has 0 atom stereocenters. The highest BCUT2D eigenvalue weighted by atomic mass is 16.6. The van der Waals surface area contributed by atoms with Gasteiger partial charge in [-0.05, 0) is 31.2 Å². The molecule has 0 radical (unpaired) electrons. The molecule has 0 saturated heterocycles. The molecule has 6 nitrogen and oxygen atoms in total. The molecule has 0 bridgehead atoms. The van der Waals surface area contributed by atoms with Crippen molar-refractivity contribution >= 4 is 17.7 Å². The monoisotopic (exact) mass is 297 g/mol. The van der Waals surface area contributed by atoms with Crippen LogP contribution < -0.4 is 0 Å². The van der Waals surface area contributed by atoms with Crippen molar-refractivity contribution in [3.05, 3.63) is 69.7 Å². The van der Waals surface area contributed by atoms with Gasteiger partial charge in [0.05, 0.1) is 10.5 Å². The summed E-state index contributed by atoms with van der Waals surface area (Å²) in [5.74, 6) is 1.06. The number of allylic oxidation sites excluding steroid dienone is 1. The number of non-ortho nitro benzene ring substituents is 1. The lowest BCUT2D eigenvalue weighted by Crippen LogP contribution is -1.95. The molecule has 0 aliphatic carbocycles. The second-order valence-corrected chi connectivity index (χ2v) is 4.75. The molecule has 0 saturated carbocycles. The van der Waals surface area contributed by atoms with Crippen molar-refractivity contribution in [2.75, 3.05) is 0 Å². The molecule has 0 fully saturated rings. The van der Waals surface area contributed by atoms with Crippen LogP contribution in [0.25, 0.3) is 17.4 Å². The molecule has 6 heteroatoms. The van der Waals surface area contributed by atoms with Gasteiger partial charge in [-0.15, -0.1) is 0 Å². The van der Waals surface area contributed by atoms with Gasteiger partial charge in [-0.2, -0.15) is 0 Å². The molecule has 0 amide bonds. The van der Waals surface area contributed by atoms with E-state index in [-0.39, 0.29) is 5.69 Å². The minimum atomic E-state index is -0.461. The standard InChI is InChI=1S/C16H11NO5/c1-10-7-12(16(18)21-10)9-14-5-6-15(22-14)11-3-2-4-13(8-11)17(19)20/h2-9H,1H3/b12-9+. The normalized spacial score (nSPS) is 15.8. The van der Waals surface area contributed by atoms with Crippen LogP contribution in [-0.4, -0.2) is 10.9 Å². The van der Waals surface area contributed by atoms with Crippen LogP contribution in [0.3, 0.4) is 0 Å². The van der Waals surface area contributed by atoms with E-state index in [9.17, 15) is 14.9 Å². The number of esters is 1. The zero-order chi connectivity index (χ0) is 15.7. The number of rotatable bonds is 3. The lowest BCUT2D eigenvalue weighted by molar-refractivity contribution is -0.384. The summed E-state index contributed by atoms with van der Waals surface area (Å²) in [6, 6.07) is 9.55. The van der Waals surface area contributed by atoms with Crippen molar-refractivity contribution in [2.45, 2.75) is 6.92 Å². The third-order valence-corrected chi connectivity index (χ3v) is 3.11. The zero-order valence-corrected chi connectivity index (χ0v) is 11.6. The molecule has 2 heterocycles. The number of hydrogen-bond donors (Lipinski definition) is 0. The molecular weight excluding hydrogens is 286 g/mol. The van der Waals surface area contributed by atoms with E-state index < -0.39 is 10.9 Å².